The molecule has 1 N–H and O–H groups in total. The highest BCUT2D eigenvalue weighted by Crippen LogP contribution is 2.21. The van der Waals surface area contributed by atoms with Gasteiger partial charge in [0, 0.05) is 18.7 Å². The fourth-order valence-electron chi connectivity index (χ4n) is 3.09. The molecule has 11 heteroatoms. The maximum Gasteiger partial charge on any atom is 0.244 e. The van der Waals surface area contributed by atoms with Crippen molar-refractivity contribution < 1.29 is 31.2 Å². The molecule has 0 aromatic heterocycles. The number of rotatable bonds is 10. The highest BCUT2D eigenvalue weighted by molar-refractivity contribution is 7.92. The van der Waals surface area contributed by atoms with Gasteiger partial charge in [-0.15, -0.1) is 0 Å². The first-order valence-corrected chi connectivity index (χ1v) is 12.4. The number of carbonyl (C=O) groups is 2. The van der Waals surface area contributed by atoms with Gasteiger partial charge in [-0.2, -0.15) is 0 Å². The predicted molar refractivity (Wildman–Crippen MR) is 123 cm³/mol. The van der Waals surface area contributed by atoms with Crippen LogP contribution < -0.4 is 9.62 Å². The van der Waals surface area contributed by atoms with Crippen LogP contribution in [0.5, 0.6) is 0 Å². The van der Waals surface area contributed by atoms with Crippen molar-refractivity contribution in [2.45, 2.75) is 45.8 Å². The van der Waals surface area contributed by atoms with Crippen LogP contribution in [0.25, 0.3) is 0 Å². The molecule has 0 aliphatic heterocycles. The Hall–Kier alpha value is -3.08. The van der Waals surface area contributed by atoms with E-state index < -0.39 is 51.9 Å². The van der Waals surface area contributed by atoms with E-state index in [4.69, 9.17) is 0 Å². The average Bonchev–Trinajstić information content (AvgIpc) is 2.77. The topological polar surface area (TPSA) is 86.8 Å². The number of halogens is 3. The Morgan fingerprint density at radius 2 is 1.62 bits per heavy atom. The van der Waals surface area contributed by atoms with E-state index in [9.17, 15) is 31.2 Å². The summed E-state index contributed by atoms with van der Waals surface area (Å²) in [6, 6.07) is 6.59. The van der Waals surface area contributed by atoms with Crippen LogP contribution in [0.1, 0.15) is 32.8 Å². The number of nitrogens with zero attached hydrogens (tertiary/aromatic N) is 2. The molecule has 0 heterocycles. The summed E-state index contributed by atoms with van der Waals surface area (Å²) in [5, 5.41) is 2.77. The fourth-order valence-corrected chi connectivity index (χ4v) is 3.93. The molecule has 2 rings (SSSR count). The minimum absolute atomic E-state index is 0.108. The van der Waals surface area contributed by atoms with Crippen LogP contribution in [0.3, 0.4) is 0 Å². The molecule has 0 fully saturated rings. The molecule has 2 aromatic carbocycles. The summed E-state index contributed by atoms with van der Waals surface area (Å²) < 4.78 is 65.9. The average molecular weight is 500 g/mol. The zero-order valence-corrected chi connectivity index (χ0v) is 20.2. The van der Waals surface area contributed by atoms with Crippen molar-refractivity contribution in [1.29, 1.82) is 0 Å². The molecule has 0 saturated carbocycles. The highest BCUT2D eigenvalue weighted by Gasteiger charge is 2.30. The van der Waals surface area contributed by atoms with Crippen molar-refractivity contribution in [2.24, 2.45) is 0 Å². The lowest BCUT2D eigenvalue weighted by atomic mass is 10.1. The summed E-state index contributed by atoms with van der Waals surface area (Å²) >= 11 is 0. The number of amides is 2. The maximum atomic E-state index is 13.8. The Morgan fingerprint density at radius 3 is 2.15 bits per heavy atom. The lowest BCUT2D eigenvalue weighted by Crippen LogP contribution is -2.52. The molecule has 0 aliphatic rings. The molecule has 2 atom stereocenters. The van der Waals surface area contributed by atoms with Crippen LogP contribution in [0.4, 0.5) is 18.9 Å². The second kappa shape index (κ2) is 11.4. The van der Waals surface area contributed by atoms with E-state index >= 15 is 0 Å². The van der Waals surface area contributed by atoms with Crippen molar-refractivity contribution in [3.8, 4) is 0 Å². The third-order valence-electron chi connectivity index (χ3n) is 5.30. The minimum Gasteiger partial charge on any atom is -0.352 e. The number of benzene rings is 2. The minimum atomic E-state index is -4.08. The summed E-state index contributed by atoms with van der Waals surface area (Å²) in [6.07, 6.45) is 1.48. The molecule has 0 spiro atoms. The molecule has 7 nitrogen and oxygen atoms in total. The predicted octanol–water partition coefficient (Wildman–Crippen LogP) is 3.20. The zero-order valence-electron chi connectivity index (χ0n) is 19.4. The van der Waals surface area contributed by atoms with Gasteiger partial charge in [0.25, 0.3) is 0 Å². The van der Waals surface area contributed by atoms with Crippen molar-refractivity contribution in [2.75, 3.05) is 17.1 Å². The number of carbonyl (C=O) groups excluding carboxylic acids is 2. The molecule has 0 aliphatic carbocycles. The quantitative estimate of drug-likeness (QED) is 0.544. The van der Waals surface area contributed by atoms with Crippen LogP contribution in [-0.4, -0.2) is 50.0 Å². The van der Waals surface area contributed by atoms with E-state index in [1.165, 1.54) is 31.2 Å². The second-order valence-corrected chi connectivity index (χ2v) is 9.92. The Bertz CT molecular complexity index is 1130. The van der Waals surface area contributed by atoms with Crippen LogP contribution in [0.15, 0.2) is 42.5 Å². The highest BCUT2D eigenvalue weighted by atomic mass is 32.2. The van der Waals surface area contributed by atoms with Gasteiger partial charge in [-0.25, -0.2) is 21.6 Å². The van der Waals surface area contributed by atoms with Gasteiger partial charge < -0.3 is 10.2 Å². The molecule has 2 aromatic rings. The van der Waals surface area contributed by atoms with Crippen LogP contribution in [0, 0.1) is 17.5 Å². The van der Waals surface area contributed by atoms with E-state index in [1.807, 2.05) is 6.92 Å². The Balaban J connectivity index is 2.39. The van der Waals surface area contributed by atoms with Gasteiger partial charge in [0.05, 0.1) is 11.9 Å². The summed E-state index contributed by atoms with van der Waals surface area (Å²) in [5.74, 6) is -4.14. The van der Waals surface area contributed by atoms with Crippen molar-refractivity contribution in [1.82, 2.24) is 10.2 Å². The van der Waals surface area contributed by atoms with Crippen molar-refractivity contribution in [3.63, 3.8) is 0 Å². The maximum absolute atomic E-state index is 13.8. The van der Waals surface area contributed by atoms with E-state index in [0.717, 1.165) is 23.3 Å². The zero-order chi connectivity index (χ0) is 25.6. The normalized spacial score (nSPS) is 13.1. The van der Waals surface area contributed by atoms with E-state index in [1.54, 1.807) is 6.92 Å². The number of nitrogens with one attached hydrogen (secondary N) is 1. The summed E-state index contributed by atoms with van der Waals surface area (Å²) in [7, 11) is -4.08. The smallest absolute Gasteiger partial charge is 0.244 e. The molecule has 0 radical (unpaired) electrons. The molecular formula is C23H28F3N3O4S. The van der Waals surface area contributed by atoms with Gasteiger partial charge in [0.2, 0.25) is 21.8 Å². The fraction of sp³-hybridized carbons (Fsp3) is 0.391. The lowest BCUT2D eigenvalue weighted by Gasteiger charge is -2.32. The van der Waals surface area contributed by atoms with Gasteiger partial charge in [0.1, 0.15) is 18.4 Å². The van der Waals surface area contributed by atoms with E-state index in [2.05, 4.69) is 5.32 Å². The molecular weight excluding hydrogens is 471 g/mol. The first kappa shape index (κ1) is 27.2. The van der Waals surface area contributed by atoms with Crippen LogP contribution in [0.2, 0.25) is 0 Å². The van der Waals surface area contributed by atoms with Crippen molar-refractivity contribution >= 4 is 27.5 Å². The lowest BCUT2D eigenvalue weighted by molar-refractivity contribution is -0.139. The van der Waals surface area contributed by atoms with E-state index in [-0.39, 0.29) is 18.3 Å². The second-order valence-electron chi connectivity index (χ2n) is 8.01. The molecule has 0 bridgehead atoms. The number of hydrogen-bond donors (Lipinski definition) is 1. The van der Waals surface area contributed by atoms with Gasteiger partial charge in [-0.05, 0) is 50.1 Å². The van der Waals surface area contributed by atoms with Crippen molar-refractivity contribution in [3.05, 3.63) is 65.5 Å². The molecule has 0 saturated heterocycles. The summed E-state index contributed by atoms with van der Waals surface area (Å²) in [6.45, 7) is 4.30. The number of anilines is 1. The largest absolute Gasteiger partial charge is 0.352 e. The van der Waals surface area contributed by atoms with Gasteiger partial charge in [-0.3, -0.25) is 13.9 Å². The Morgan fingerprint density at radius 1 is 1.00 bits per heavy atom. The first-order valence-electron chi connectivity index (χ1n) is 10.6. The summed E-state index contributed by atoms with van der Waals surface area (Å²) in [5.41, 5.74) is 0.268. The summed E-state index contributed by atoms with van der Waals surface area (Å²) in [4.78, 5) is 27.2. The van der Waals surface area contributed by atoms with Gasteiger partial charge >= 0.3 is 0 Å². The third kappa shape index (κ3) is 7.21. The number of hydrogen-bond acceptors (Lipinski definition) is 4. The van der Waals surface area contributed by atoms with Gasteiger partial charge in [-0.1, -0.05) is 19.1 Å². The molecule has 34 heavy (non-hydrogen) atoms. The molecule has 0 unspecified atom stereocenters. The first-order chi connectivity index (χ1) is 15.8. The Kier molecular flexibility index (Phi) is 9.08. The standard InChI is InChI=1S/C23H28F3N3O4S/c1-5-15(2)27-23(31)16(3)28(13-17-6-8-18(24)9-7-17)22(30)14-29(34(4,32)33)19-10-11-20(25)21(26)12-19/h6-12,15-16H,5,13-14H2,1-4H3,(H,27,31)/t15-,16+/m0/s1. The molecule has 2 amide bonds. The van der Waals surface area contributed by atoms with Crippen LogP contribution in [-0.2, 0) is 26.2 Å². The number of sulfonamides is 1. The monoisotopic (exact) mass is 499 g/mol. The SMILES string of the molecule is CC[C@H](C)NC(=O)[C@@H](C)N(Cc1ccc(F)cc1)C(=O)CN(c1ccc(F)c(F)c1)S(C)(=O)=O. The third-order valence-corrected chi connectivity index (χ3v) is 6.45. The Labute approximate surface area is 197 Å². The van der Waals surface area contributed by atoms with Gasteiger partial charge in [0.15, 0.2) is 11.6 Å². The van der Waals surface area contributed by atoms with Crippen LogP contribution >= 0.6 is 0 Å². The van der Waals surface area contributed by atoms with E-state index in [0.29, 0.717) is 22.4 Å². The molecule has 186 valence electrons.